The topological polar surface area (TPSA) is 134 Å². The Hall–Kier alpha value is -2.94. The lowest BCUT2D eigenvalue weighted by Crippen LogP contribution is -2.29. The number of H-pyrrole nitrogens is 2. The van der Waals surface area contributed by atoms with Crippen LogP contribution in [0.1, 0.15) is 10.4 Å². The van der Waals surface area contributed by atoms with Gasteiger partial charge in [-0.3, -0.25) is 14.6 Å². The second kappa shape index (κ2) is 6.68. The number of hydrogen-bond acceptors (Lipinski definition) is 6. The van der Waals surface area contributed by atoms with Crippen LogP contribution in [0.25, 0.3) is 0 Å². The standard InChI is InChI=1S/C12H9ClN4O5/c13-6-1-2-8(14-3-6)16-9(18)5-22-11(20)7-4-15-12(21)17-10(7)19/h1-4H,5H2,(H,14,16,18)(H2,15,17,19,21). The van der Waals surface area contributed by atoms with Gasteiger partial charge in [0.05, 0.1) is 5.02 Å². The first-order chi connectivity index (χ1) is 10.5. The van der Waals surface area contributed by atoms with E-state index in [1.807, 2.05) is 4.98 Å². The maximum atomic E-state index is 11.6. The van der Waals surface area contributed by atoms with E-state index in [0.717, 1.165) is 6.20 Å². The molecule has 0 aliphatic heterocycles. The van der Waals surface area contributed by atoms with Gasteiger partial charge in [0.1, 0.15) is 11.4 Å². The highest BCUT2D eigenvalue weighted by Crippen LogP contribution is 2.09. The molecule has 0 saturated carbocycles. The number of aromatic nitrogens is 3. The number of aromatic amines is 2. The zero-order chi connectivity index (χ0) is 16.1. The van der Waals surface area contributed by atoms with Crippen LogP contribution in [-0.2, 0) is 9.53 Å². The summed E-state index contributed by atoms with van der Waals surface area (Å²) in [4.78, 5) is 53.1. The van der Waals surface area contributed by atoms with Crippen LogP contribution in [0.3, 0.4) is 0 Å². The molecule has 9 nitrogen and oxygen atoms in total. The van der Waals surface area contributed by atoms with Crippen molar-refractivity contribution in [2.24, 2.45) is 0 Å². The van der Waals surface area contributed by atoms with Crippen LogP contribution in [-0.4, -0.2) is 33.4 Å². The Kier molecular flexibility index (Phi) is 4.69. The zero-order valence-electron chi connectivity index (χ0n) is 10.9. The molecular formula is C12H9ClN4O5. The number of amides is 1. The molecule has 10 heteroatoms. The Morgan fingerprint density at radius 1 is 1.32 bits per heavy atom. The molecule has 0 aromatic carbocycles. The first kappa shape index (κ1) is 15.4. The van der Waals surface area contributed by atoms with Crippen LogP contribution in [0.2, 0.25) is 5.02 Å². The monoisotopic (exact) mass is 324 g/mol. The minimum Gasteiger partial charge on any atom is -0.452 e. The third kappa shape index (κ3) is 4.03. The van der Waals surface area contributed by atoms with Gasteiger partial charge in [0, 0.05) is 12.4 Å². The van der Waals surface area contributed by atoms with E-state index in [4.69, 9.17) is 11.6 Å². The quantitative estimate of drug-likeness (QED) is 0.673. The van der Waals surface area contributed by atoms with Gasteiger partial charge >= 0.3 is 11.7 Å². The maximum absolute atomic E-state index is 11.6. The lowest BCUT2D eigenvalue weighted by atomic mass is 10.3. The van der Waals surface area contributed by atoms with Crippen LogP contribution in [0.4, 0.5) is 5.82 Å². The summed E-state index contributed by atoms with van der Waals surface area (Å²) in [6.45, 7) is -0.623. The fourth-order valence-corrected chi connectivity index (χ4v) is 1.51. The third-order valence-corrected chi connectivity index (χ3v) is 2.59. The molecule has 2 aromatic rings. The van der Waals surface area contributed by atoms with Gasteiger partial charge in [-0.2, -0.15) is 0 Å². The van der Waals surface area contributed by atoms with E-state index >= 15 is 0 Å². The van der Waals surface area contributed by atoms with Crippen LogP contribution in [0, 0.1) is 0 Å². The van der Waals surface area contributed by atoms with Gasteiger partial charge in [0.15, 0.2) is 6.61 Å². The highest BCUT2D eigenvalue weighted by molar-refractivity contribution is 6.30. The summed E-state index contributed by atoms with van der Waals surface area (Å²) in [7, 11) is 0. The van der Waals surface area contributed by atoms with E-state index in [-0.39, 0.29) is 5.82 Å². The first-order valence-corrected chi connectivity index (χ1v) is 6.24. The molecule has 0 unspecified atom stereocenters. The van der Waals surface area contributed by atoms with Crippen LogP contribution in [0.5, 0.6) is 0 Å². The van der Waals surface area contributed by atoms with Crippen molar-refractivity contribution in [3.63, 3.8) is 0 Å². The first-order valence-electron chi connectivity index (χ1n) is 5.86. The Bertz CT molecular complexity index is 811. The summed E-state index contributed by atoms with van der Waals surface area (Å²) >= 11 is 5.64. The molecule has 0 saturated heterocycles. The second-order valence-electron chi connectivity index (χ2n) is 3.97. The summed E-state index contributed by atoms with van der Waals surface area (Å²) in [6.07, 6.45) is 2.24. The van der Waals surface area contributed by atoms with Gasteiger partial charge in [-0.05, 0) is 12.1 Å². The largest absolute Gasteiger partial charge is 0.452 e. The van der Waals surface area contributed by atoms with E-state index < -0.39 is 35.3 Å². The Morgan fingerprint density at radius 3 is 2.73 bits per heavy atom. The van der Waals surface area contributed by atoms with Gasteiger partial charge in [-0.15, -0.1) is 0 Å². The van der Waals surface area contributed by atoms with Gasteiger partial charge < -0.3 is 15.0 Å². The molecule has 0 aliphatic carbocycles. The molecule has 2 aromatic heterocycles. The molecule has 2 heterocycles. The van der Waals surface area contributed by atoms with Crippen molar-refractivity contribution < 1.29 is 14.3 Å². The van der Waals surface area contributed by atoms with E-state index in [1.165, 1.54) is 18.3 Å². The number of nitrogens with zero attached hydrogens (tertiary/aromatic N) is 1. The third-order valence-electron chi connectivity index (χ3n) is 2.37. The summed E-state index contributed by atoms with van der Waals surface area (Å²) in [6, 6.07) is 2.99. The smallest absolute Gasteiger partial charge is 0.345 e. The Labute approximate surface area is 127 Å². The summed E-state index contributed by atoms with van der Waals surface area (Å²) in [5.41, 5.74) is -2.08. The van der Waals surface area contributed by atoms with Crippen molar-refractivity contribution >= 4 is 29.3 Å². The highest BCUT2D eigenvalue weighted by atomic mass is 35.5. The number of esters is 1. The molecule has 3 N–H and O–H groups in total. The van der Waals surface area contributed by atoms with Gasteiger partial charge in [0.2, 0.25) is 0 Å². The van der Waals surface area contributed by atoms with Gasteiger partial charge in [-0.1, -0.05) is 11.6 Å². The van der Waals surface area contributed by atoms with Crippen molar-refractivity contribution in [2.45, 2.75) is 0 Å². The minimum absolute atomic E-state index is 0.229. The molecule has 0 bridgehead atoms. The maximum Gasteiger partial charge on any atom is 0.345 e. The lowest BCUT2D eigenvalue weighted by molar-refractivity contribution is -0.119. The molecule has 0 fully saturated rings. The highest BCUT2D eigenvalue weighted by Gasteiger charge is 2.14. The molecule has 22 heavy (non-hydrogen) atoms. The van der Waals surface area contributed by atoms with Gasteiger partial charge in [0.25, 0.3) is 11.5 Å². The van der Waals surface area contributed by atoms with Crippen molar-refractivity contribution in [3.8, 4) is 0 Å². The average molecular weight is 325 g/mol. The number of halogens is 1. The summed E-state index contributed by atoms with van der Waals surface area (Å²) in [5.74, 6) is -1.46. The second-order valence-corrected chi connectivity index (χ2v) is 4.41. The van der Waals surface area contributed by atoms with E-state index in [9.17, 15) is 19.2 Å². The number of pyridine rings is 1. The van der Waals surface area contributed by atoms with Crippen molar-refractivity contribution in [1.29, 1.82) is 0 Å². The van der Waals surface area contributed by atoms with Crippen molar-refractivity contribution in [1.82, 2.24) is 15.0 Å². The van der Waals surface area contributed by atoms with Crippen LogP contribution < -0.4 is 16.6 Å². The fourth-order valence-electron chi connectivity index (χ4n) is 1.40. The molecule has 0 spiro atoms. The lowest BCUT2D eigenvalue weighted by Gasteiger charge is -2.05. The summed E-state index contributed by atoms with van der Waals surface area (Å²) < 4.78 is 4.66. The number of nitrogens with one attached hydrogen (secondary N) is 3. The van der Waals surface area contributed by atoms with Crippen molar-refractivity contribution in [2.75, 3.05) is 11.9 Å². The molecule has 1 amide bonds. The molecule has 0 radical (unpaired) electrons. The predicted molar refractivity (Wildman–Crippen MR) is 75.8 cm³/mol. The number of carbonyl (C=O) groups excluding carboxylic acids is 2. The molecular weight excluding hydrogens is 316 g/mol. The zero-order valence-corrected chi connectivity index (χ0v) is 11.6. The normalized spacial score (nSPS) is 10.0. The van der Waals surface area contributed by atoms with E-state index in [2.05, 4.69) is 20.0 Å². The number of hydrogen-bond donors (Lipinski definition) is 3. The average Bonchev–Trinajstić information content (AvgIpc) is 2.47. The molecule has 2 rings (SSSR count). The molecule has 114 valence electrons. The van der Waals surface area contributed by atoms with E-state index in [0.29, 0.717) is 5.02 Å². The van der Waals surface area contributed by atoms with Crippen LogP contribution >= 0.6 is 11.6 Å². The molecule has 0 atom stereocenters. The SMILES string of the molecule is O=C(COC(=O)c1c[nH]c(=O)[nH]c1=O)Nc1ccc(Cl)cn1. The molecule has 0 aliphatic rings. The number of carbonyl (C=O) groups is 2. The Morgan fingerprint density at radius 2 is 2.09 bits per heavy atom. The van der Waals surface area contributed by atoms with Crippen molar-refractivity contribution in [3.05, 3.63) is 56.0 Å². The minimum atomic E-state index is -1.04. The fraction of sp³-hybridized carbons (Fsp3) is 0.0833. The number of ether oxygens (including phenoxy) is 1. The van der Waals surface area contributed by atoms with Crippen LogP contribution in [0.15, 0.2) is 34.1 Å². The van der Waals surface area contributed by atoms with E-state index in [1.54, 1.807) is 0 Å². The number of rotatable bonds is 4. The Balaban J connectivity index is 1.93. The number of anilines is 1. The van der Waals surface area contributed by atoms with Gasteiger partial charge in [-0.25, -0.2) is 14.6 Å². The predicted octanol–water partition coefficient (Wildman–Crippen LogP) is -0.0929. The summed E-state index contributed by atoms with van der Waals surface area (Å²) in [5, 5.41) is 2.77.